The van der Waals surface area contributed by atoms with Gasteiger partial charge in [0, 0.05) is 12.3 Å². The zero-order valence-corrected chi connectivity index (χ0v) is 25.2. The molecule has 3 saturated heterocycles. The summed E-state index contributed by atoms with van der Waals surface area (Å²) in [5.74, 6) is -3.52. The Morgan fingerprint density at radius 2 is 1.47 bits per heavy atom. The van der Waals surface area contributed by atoms with Crippen LogP contribution < -0.4 is 0 Å². The molecule has 0 bridgehead atoms. The van der Waals surface area contributed by atoms with Crippen LogP contribution in [0.25, 0.3) is 0 Å². The predicted octanol–water partition coefficient (Wildman–Crippen LogP) is -2.71. The molecule has 3 aliphatic heterocycles. The fraction of sp³-hybridized carbons (Fsp3) is 0.897. The Hall–Kier alpha value is -1.99. The van der Waals surface area contributed by atoms with Crippen LogP contribution in [0.2, 0.25) is 0 Å². The van der Waals surface area contributed by atoms with E-state index in [9.17, 15) is 45.0 Å². The van der Waals surface area contributed by atoms with E-state index in [1.807, 2.05) is 0 Å². The highest BCUT2D eigenvalue weighted by Gasteiger charge is 2.59. The van der Waals surface area contributed by atoms with Gasteiger partial charge < -0.3 is 63.8 Å². The molecule has 5 rings (SSSR count). The minimum Gasteiger partial charge on any atom is -0.469 e. The number of rotatable bonds is 8. The third kappa shape index (κ3) is 7.30. The maximum atomic E-state index is 12.7. The first-order valence-electron chi connectivity index (χ1n) is 15.4. The molecule has 5 aliphatic rings. The normalized spacial score (nSPS) is 46.4. The molecular formula is C29H44O16. The van der Waals surface area contributed by atoms with Crippen molar-refractivity contribution in [2.45, 2.75) is 124 Å². The van der Waals surface area contributed by atoms with E-state index in [1.54, 1.807) is 0 Å². The SMILES string of the molecule is COC(=O)CC(=O)OCC1OC(OC2C3CC(C(=O)OC)OC4CC(O)CC(OC2C2CCC(O)C(O)C2)C43)C(O)C(O)C1O. The van der Waals surface area contributed by atoms with Gasteiger partial charge in [0.1, 0.15) is 37.4 Å². The highest BCUT2D eigenvalue weighted by Crippen LogP contribution is 2.51. The van der Waals surface area contributed by atoms with Crippen molar-refractivity contribution in [3.8, 4) is 0 Å². The van der Waals surface area contributed by atoms with Gasteiger partial charge in [0.05, 0.1) is 56.9 Å². The highest BCUT2D eigenvalue weighted by molar-refractivity contribution is 5.91. The molecule has 6 N–H and O–H groups in total. The summed E-state index contributed by atoms with van der Waals surface area (Å²) in [6, 6.07) is 0. The average Bonchev–Trinajstić information content (AvgIpc) is 3.01. The summed E-state index contributed by atoms with van der Waals surface area (Å²) in [4.78, 5) is 36.1. The second-order valence-corrected chi connectivity index (χ2v) is 12.7. The van der Waals surface area contributed by atoms with Gasteiger partial charge in [0.2, 0.25) is 0 Å². The van der Waals surface area contributed by atoms with Crippen LogP contribution in [-0.4, -0.2) is 149 Å². The van der Waals surface area contributed by atoms with Gasteiger partial charge in [-0.2, -0.15) is 0 Å². The fourth-order valence-corrected chi connectivity index (χ4v) is 7.62. The summed E-state index contributed by atoms with van der Waals surface area (Å²) >= 11 is 0. The Morgan fingerprint density at radius 1 is 0.756 bits per heavy atom. The molecule has 2 saturated carbocycles. The van der Waals surface area contributed by atoms with Crippen molar-refractivity contribution in [1.82, 2.24) is 0 Å². The zero-order chi connectivity index (χ0) is 32.6. The number of carbonyl (C=O) groups excluding carboxylic acids is 3. The summed E-state index contributed by atoms with van der Waals surface area (Å²) in [5, 5.41) is 63.6. The lowest BCUT2D eigenvalue weighted by Crippen LogP contribution is -2.67. The molecule has 0 spiro atoms. The van der Waals surface area contributed by atoms with Gasteiger partial charge in [0.15, 0.2) is 12.4 Å². The minimum absolute atomic E-state index is 0.144. The van der Waals surface area contributed by atoms with Crippen molar-refractivity contribution in [1.29, 1.82) is 0 Å². The van der Waals surface area contributed by atoms with Gasteiger partial charge in [-0.1, -0.05) is 0 Å². The zero-order valence-electron chi connectivity index (χ0n) is 25.2. The number of hydrogen-bond acceptors (Lipinski definition) is 16. The largest absolute Gasteiger partial charge is 0.469 e. The molecule has 3 heterocycles. The molecule has 0 aromatic heterocycles. The first-order valence-corrected chi connectivity index (χ1v) is 15.4. The first kappa shape index (κ1) is 34.3. The molecule has 0 amide bonds. The van der Waals surface area contributed by atoms with E-state index in [2.05, 4.69) is 4.74 Å². The van der Waals surface area contributed by atoms with Gasteiger partial charge in [0.25, 0.3) is 0 Å². The number of methoxy groups -OCH3 is 2. The van der Waals surface area contributed by atoms with E-state index in [1.165, 1.54) is 7.11 Å². The number of carbonyl (C=O) groups is 3. The highest BCUT2D eigenvalue weighted by atomic mass is 16.7. The van der Waals surface area contributed by atoms with Crippen LogP contribution in [0.4, 0.5) is 0 Å². The van der Waals surface area contributed by atoms with Crippen LogP contribution in [0.15, 0.2) is 0 Å². The van der Waals surface area contributed by atoms with Gasteiger partial charge in [-0.3, -0.25) is 9.59 Å². The quantitative estimate of drug-likeness (QED) is 0.0891. The van der Waals surface area contributed by atoms with E-state index in [-0.39, 0.29) is 31.1 Å². The van der Waals surface area contributed by atoms with Crippen molar-refractivity contribution in [3.05, 3.63) is 0 Å². The van der Waals surface area contributed by atoms with Crippen LogP contribution in [0.5, 0.6) is 0 Å². The Kier molecular flexibility index (Phi) is 11.0. The van der Waals surface area contributed by atoms with Crippen molar-refractivity contribution in [3.63, 3.8) is 0 Å². The second-order valence-electron chi connectivity index (χ2n) is 12.7. The summed E-state index contributed by atoms with van der Waals surface area (Å²) in [6.45, 7) is -0.579. The first-order chi connectivity index (χ1) is 21.4. The number of aliphatic hydroxyl groups excluding tert-OH is 6. The van der Waals surface area contributed by atoms with E-state index in [4.69, 9.17) is 28.4 Å². The summed E-state index contributed by atoms with van der Waals surface area (Å²) < 4.78 is 39.4. The van der Waals surface area contributed by atoms with Crippen LogP contribution in [0.3, 0.4) is 0 Å². The molecule has 256 valence electrons. The lowest BCUT2D eigenvalue weighted by atomic mass is 9.64. The van der Waals surface area contributed by atoms with Crippen molar-refractivity contribution in [2.24, 2.45) is 17.8 Å². The molecule has 0 aromatic carbocycles. The molecule has 5 fully saturated rings. The molecule has 16 atom stereocenters. The van der Waals surface area contributed by atoms with Crippen LogP contribution in [0.1, 0.15) is 44.9 Å². The number of hydrogen-bond donors (Lipinski definition) is 6. The summed E-state index contributed by atoms with van der Waals surface area (Å²) in [6.07, 6.45) is -13.6. The van der Waals surface area contributed by atoms with Crippen LogP contribution in [0, 0.1) is 17.8 Å². The Labute approximate surface area is 259 Å². The van der Waals surface area contributed by atoms with Crippen LogP contribution >= 0.6 is 0 Å². The minimum atomic E-state index is -1.77. The predicted molar refractivity (Wildman–Crippen MR) is 145 cm³/mol. The second kappa shape index (κ2) is 14.4. The van der Waals surface area contributed by atoms with Gasteiger partial charge in [-0.15, -0.1) is 0 Å². The van der Waals surface area contributed by atoms with E-state index < -0.39 is 116 Å². The third-order valence-electron chi connectivity index (χ3n) is 9.90. The van der Waals surface area contributed by atoms with Crippen molar-refractivity contribution < 1.29 is 78.2 Å². The molecule has 16 nitrogen and oxygen atoms in total. The molecule has 0 aromatic rings. The maximum Gasteiger partial charge on any atom is 0.334 e. The molecule has 45 heavy (non-hydrogen) atoms. The molecule has 16 heteroatoms. The van der Waals surface area contributed by atoms with Crippen molar-refractivity contribution in [2.75, 3.05) is 20.8 Å². The van der Waals surface area contributed by atoms with E-state index in [0.717, 1.165) is 7.11 Å². The monoisotopic (exact) mass is 648 g/mol. The Bertz CT molecular complexity index is 1060. The average molecular weight is 649 g/mol. The van der Waals surface area contributed by atoms with Crippen LogP contribution in [-0.2, 0) is 47.5 Å². The fourth-order valence-electron chi connectivity index (χ4n) is 7.62. The summed E-state index contributed by atoms with van der Waals surface area (Å²) in [5.41, 5.74) is 0. The molecule has 2 aliphatic carbocycles. The van der Waals surface area contributed by atoms with Gasteiger partial charge in [-0.25, -0.2) is 4.79 Å². The van der Waals surface area contributed by atoms with Gasteiger partial charge >= 0.3 is 17.9 Å². The van der Waals surface area contributed by atoms with Crippen molar-refractivity contribution >= 4 is 17.9 Å². The molecule has 16 unspecified atom stereocenters. The topological polar surface area (TPSA) is 237 Å². The smallest absolute Gasteiger partial charge is 0.334 e. The maximum absolute atomic E-state index is 12.7. The third-order valence-corrected chi connectivity index (χ3v) is 9.90. The van der Waals surface area contributed by atoms with E-state index in [0.29, 0.717) is 19.3 Å². The number of esters is 3. The lowest BCUT2D eigenvalue weighted by molar-refractivity contribution is -0.350. The standard InChI is InChI=1S/C29H44O16/c1-39-20(33)9-21(34)41-10-19-23(35)24(36)25(37)29(44-19)45-27-13-8-18(28(38)40-2)42-16-6-12(30)7-17(22(13)16)43-26(27)11-3-4-14(31)15(32)5-11/h11-19,22-27,29-32,35-37H,3-10H2,1-2H3. The number of aliphatic hydroxyl groups is 6. The Balaban J connectivity index is 1.41. The number of ether oxygens (including phenoxy) is 7. The lowest BCUT2D eigenvalue weighted by Gasteiger charge is -2.58. The summed E-state index contributed by atoms with van der Waals surface area (Å²) in [7, 11) is 2.34. The Morgan fingerprint density at radius 3 is 2.13 bits per heavy atom. The van der Waals surface area contributed by atoms with Gasteiger partial charge in [-0.05, 0) is 43.9 Å². The van der Waals surface area contributed by atoms with E-state index >= 15 is 0 Å². The molecular weight excluding hydrogens is 604 g/mol. The molecule has 0 radical (unpaired) electrons.